The molecule has 0 spiro atoms. The summed E-state index contributed by atoms with van der Waals surface area (Å²) in [5, 5.41) is 4.94. The lowest BCUT2D eigenvalue weighted by molar-refractivity contribution is 0.109. The molecular weight excluding hydrogens is 389 g/mol. The molecule has 1 N–H and O–H groups in total. The van der Waals surface area contributed by atoms with Gasteiger partial charge in [-0.1, -0.05) is 19.3 Å². The largest absolute Gasteiger partial charge is 0.415 e. The van der Waals surface area contributed by atoms with Crippen molar-refractivity contribution in [2.75, 3.05) is 13.1 Å². The topological polar surface area (TPSA) is 93.1 Å². The number of hydrogen-bond donors (Lipinski definition) is 1. The second kappa shape index (κ2) is 7.55. The van der Waals surface area contributed by atoms with E-state index >= 15 is 0 Å². The van der Waals surface area contributed by atoms with Gasteiger partial charge in [0.1, 0.15) is 22.8 Å². The standard InChI is InChI=1S/C21H22FN5O3/c22-14-6-8-16(9-7-14)30-21(29)26-11-13(12-26)18-24-19-17(20(28)25-18)10-23-27(19)15-4-2-1-3-5-15/h6-10,13,15H,1-5,11-12H2,(H,24,25,28). The zero-order valence-corrected chi connectivity index (χ0v) is 16.4. The Balaban J connectivity index is 1.30. The molecule has 2 fully saturated rings. The minimum absolute atomic E-state index is 0.0717. The van der Waals surface area contributed by atoms with E-state index in [4.69, 9.17) is 9.72 Å². The average Bonchev–Trinajstić information content (AvgIpc) is 3.14. The Morgan fingerprint density at radius 2 is 1.87 bits per heavy atom. The van der Waals surface area contributed by atoms with Crippen LogP contribution in [0.4, 0.5) is 9.18 Å². The number of amides is 1. The number of fused-ring (bicyclic) bond motifs is 1. The fourth-order valence-corrected chi connectivity index (χ4v) is 4.21. The van der Waals surface area contributed by atoms with Gasteiger partial charge in [-0.2, -0.15) is 5.10 Å². The van der Waals surface area contributed by atoms with Gasteiger partial charge in [0.15, 0.2) is 5.65 Å². The maximum atomic E-state index is 13.0. The van der Waals surface area contributed by atoms with Crippen molar-refractivity contribution >= 4 is 17.1 Å². The quantitative estimate of drug-likeness (QED) is 0.713. The normalized spacial score (nSPS) is 17.8. The number of carbonyl (C=O) groups is 1. The van der Waals surface area contributed by atoms with Crippen LogP contribution < -0.4 is 10.3 Å². The van der Waals surface area contributed by atoms with Gasteiger partial charge < -0.3 is 14.6 Å². The highest BCUT2D eigenvalue weighted by Gasteiger charge is 2.35. The van der Waals surface area contributed by atoms with Crippen molar-refractivity contribution in [1.29, 1.82) is 0 Å². The number of aromatic nitrogens is 4. The van der Waals surface area contributed by atoms with Crippen LogP contribution in [0.2, 0.25) is 0 Å². The number of H-pyrrole nitrogens is 1. The molecule has 1 saturated heterocycles. The number of rotatable bonds is 3. The van der Waals surface area contributed by atoms with E-state index in [0.29, 0.717) is 29.9 Å². The third kappa shape index (κ3) is 3.44. The highest BCUT2D eigenvalue weighted by atomic mass is 19.1. The van der Waals surface area contributed by atoms with Crippen molar-refractivity contribution in [3.05, 3.63) is 52.5 Å². The van der Waals surface area contributed by atoms with Crippen LogP contribution in [0.1, 0.15) is 49.9 Å². The third-order valence-corrected chi connectivity index (χ3v) is 5.95. The minimum Gasteiger partial charge on any atom is -0.410 e. The van der Waals surface area contributed by atoms with Crippen molar-refractivity contribution in [1.82, 2.24) is 24.6 Å². The number of halogens is 1. The van der Waals surface area contributed by atoms with Crippen molar-refractivity contribution in [3.63, 3.8) is 0 Å². The molecule has 9 heteroatoms. The second-order valence-electron chi connectivity index (χ2n) is 7.99. The summed E-state index contributed by atoms with van der Waals surface area (Å²) in [5.41, 5.74) is 0.414. The summed E-state index contributed by atoms with van der Waals surface area (Å²) in [6.45, 7) is 0.790. The zero-order valence-electron chi connectivity index (χ0n) is 16.4. The molecule has 1 aromatic carbocycles. The van der Waals surface area contributed by atoms with E-state index in [0.717, 1.165) is 25.7 Å². The van der Waals surface area contributed by atoms with E-state index in [1.54, 1.807) is 6.20 Å². The number of benzene rings is 1. The van der Waals surface area contributed by atoms with Gasteiger partial charge in [-0.15, -0.1) is 0 Å². The lowest BCUT2D eigenvalue weighted by Gasteiger charge is -2.37. The average molecular weight is 411 g/mol. The summed E-state index contributed by atoms with van der Waals surface area (Å²) in [4.78, 5) is 33.9. The molecule has 8 nitrogen and oxygen atoms in total. The number of aromatic amines is 1. The van der Waals surface area contributed by atoms with Crippen LogP contribution in [0.5, 0.6) is 5.75 Å². The SMILES string of the molecule is O=C(Oc1ccc(F)cc1)N1CC(c2nc3c(cnn3C3CCCCC3)c(=O)[nH]2)C1. The number of hydrogen-bond acceptors (Lipinski definition) is 5. The molecule has 1 aliphatic heterocycles. The van der Waals surface area contributed by atoms with E-state index in [-0.39, 0.29) is 23.3 Å². The maximum Gasteiger partial charge on any atom is 0.415 e. The lowest BCUT2D eigenvalue weighted by atomic mass is 9.96. The van der Waals surface area contributed by atoms with Gasteiger partial charge in [0.05, 0.1) is 18.2 Å². The van der Waals surface area contributed by atoms with Gasteiger partial charge in [-0.3, -0.25) is 4.79 Å². The van der Waals surface area contributed by atoms with Crippen LogP contribution >= 0.6 is 0 Å². The van der Waals surface area contributed by atoms with Gasteiger partial charge in [-0.05, 0) is 37.1 Å². The number of nitrogens with zero attached hydrogens (tertiary/aromatic N) is 4. The van der Waals surface area contributed by atoms with Crippen LogP contribution in [-0.2, 0) is 0 Å². The highest BCUT2D eigenvalue weighted by molar-refractivity contribution is 5.74. The molecule has 0 unspecified atom stereocenters. The first kappa shape index (κ1) is 18.8. The molecule has 1 saturated carbocycles. The van der Waals surface area contributed by atoms with Crippen molar-refractivity contribution in [2.45, 2.75) is 44.1 Å². The molecule has 2 aliphatic rings. The van der Waals surface area contributed by atoms with Crippen molar-refractivity contribution in [3.8, 4) is 5.75 Å². The first-order valence-electron chi connectivity index (χ1n) is 10.3. The molecule has 3 heterocycles. The van der Waals surface area contributed by atoms with Crippen molar-refractivity contribution in [2.24, 2.45) is 0 Å². The molecule has 0 atom stereocenters. The molecule has 3 aromatic rings. The summed E-state index contributed by atoms with van der Waals surface area (Å²) in [5.74, 6) is 0.388. The van der Waals surface area contributed by atoms with Crippen LogP contribution in [0, 0.1) is 5.82 Å². The van der Waals surface area contributed by atoms with Crippen LogP contribution in [0.25, 0.3) is 11.0 Å². The van der Waals surface area contributed by atoms with E-state index < -0.39 is 11.9 Å². The molecule has 0 bridgehead atoms. The number of nitrogens with one attached hydrogen (secondary N) is 1. The molecule has 156 valence electrons. The summed E-state index contributed by atoms with van der Waals surface area (Å²) in [6.07, 6.45) is 6.74. The van der Waals surface area contributed by atoms with Crippen LogP contribution in [-0.4, -0.2) is 43.8 Å². The summed E-state index contributed by atoms with van der Waals surface area (Å²) >= 11 is 0. The molecule has 1 aliphatic carbocycles. The molecular formula is C21H22FN5O3. The van der Waals surface area contributed by atoms with Gasteiger partial charge in [-0.25, -0.2) is 18.9 Å². The fraction of sp³-hybridized carbons (Fsp3) is 0.429. The summed E-state index contributed by atoms with van der Waals surface area (Å²) in [6, 6.07) is 5.57. The zero-order chi connectivity index (χ0) is 20.7. The molecule has 0 radical (unpaired) electrons. The first-order chi connectivity index (χ1) is 14.6. The van der Waals surface area contributed by atoms with E-state index in [9.17, 15) is 14.0 Å². The third-order valence-electron chi connectivity index (χ3n) is 5.95. The minimum atomic E-state index is -0.506. The Morgan fingerprint density at radius 3 is 2.60 bits per heavy atom. The second-order valence-corrected chi connectivity index (χ2v) is 7.99. The van der Waals surface area contributed by atoms with E-state index in [2.05, 4.69) is 10.1 Å². The Morgan fingerprint density at radius 1 is 1.13 bits per heavy atom. The number of ether oxygens (including phenoxy) is 1. The molecule has 2 aromatic heterocycles. The molecule has 1 amide bonds. The molecule has 30 heavy (non-hydrogen) atoms. The van der Waals surface area contributed by atoms with Gasteiger partial charge in [0.2, 0.25) is 0 Å². The molecule has 5 rings (SSSR count). The summed E-state index contributed by atoms with van der Waals surface area (Å²) < 4.78 is 20.1. The fourth-order valence-electron chi connectivity index (χ4n) is 4.21. The van der Waals surface area contributed by atoms with E-state index in [1.807, 2.05) is 4.68 Å². The van der Waals surface area contributed by atoms with Crippen LogP contribution in [0.3, 0.4) is 0 Å². The van der Waals surface area contributed by atoms with Gasteiger partial charge in [0, 0.05) is 13.1 Å². The smallest absolute Gasteiger partial charge is 0.410 e. The van der Waals surface area contributed by atoms with E-state index in [1.165, 1.54) is 35.6 Å². The first-order valence-corrected chi connectivity index (χ1v) is 10.3. The number of likely N-dealkylation sites (tertiary alicyclic amines) is 1. The lowest BCUT2D eigenvalue weighted by Crippen LogP contribution is -2.50. The predicted octanol–water partition coefficient (Wildman–Crippen LogP) is 3.36. The Bertz CT molecular complexity index is 1130. The summed E-state index contributed by atoms with van der Waals surface area (Å²) in [7, 11) is 0. The number of carbonyl (C=O) groups excluding carboxylic acids is 1. The Labute approximate surface area is 171 Å². The monoisotopic (exact) mass is 411 g/mol. The Hall–Kier alpha value is -3.23. The Kier molecular flexibility index (Phi) is 4.72. The maximum absolute atomic E-state index is 13.0. The van der Waals surface area contributed by atoms with Gasteiger partial charge in [0.25, 0.3) is 5.56 Å². The van der Waals surface area contributed by atoms with Gasteiger partial charge >= 0.3 is 6.09 Å². The predicted molar refractivity (Wildman–Crippen MR) is 107 cm³/mol. The van der Waals surface area contributed by atoms with Crippen molar-refractivity contribution < 1.29 is 13.9 Å². The van der Waals surface area contributed by atoms with Crippen LogP contribution in [0.15, 0.2) is 35.3 Å². The highest BCUT2D eigenvalue weighted by Crippen LogP contribution is 2.30.